The summed E-state index contributed by atoms with van der Waals surface area (Å²) in [5.41, 5.74) is 1.01. The molecule has 0 N–H and O–H groups in total. The predicted octanol–water partition coefficient (Wildman–Crippen LogP) is 7.55. The van der Waals surface area contributed by atoms with Crippen molar-refractivity contribution in [1.82, 2.24) is 0 Å². The molecular formula is C23H27F3OS. The highest BCUT2D eigenvalue weighted by Gasteiger charge is 2.28. The van der Waals surface area contributed by atoms with E-state index in [1.807, 2.05) is 13.0 Å². The smallest absolute Gasteiger partial charge is 0.201 e. The van der Waals surface area contributed by atoms with Crippen LogP contribution in [0.2, 0.25) is 0 Å². The Labute approximate surface area is 169 Å². The summed E-state index contributed by atoms with van der Waals surface area (Å²) >= 11 is 1.53. The second-order valence-electron chi connectivity index (χ2n) is 7.30. The third-order valence-corrected chi connectivity index (χ3v) is 6.55. The average molecular weight is 409 g/mol. The second-order valence-corrected chi connectivity index (χ2v) is 8.61. The Kier molecular flexibility index (Phi) is 7.33. The highest BCUT2D eigenvalue weighted by Crippen LogP contribution is 2.44. The molecule has 0 radical (unpaired) electrons. The van der Waals surface area contributed by atoms with Gasteiger partial charge < -0.3 is 4.74 Å². The van der Waals surface area contributed by atoms with Crippen molar-refractivity contribution in [3.05, 3.63) is 47.3 Å². The maximum atomic E-state index is 15.1. The van der Waals surface area contributed by atoms with Gasteiger partial charge in [0.05, 0.1) is 6.61 Å². The van der Waals surface area contributed by atoms with Crippen LogP contribution in [0.1, 0.15) is 57.9 Å². The molecule has 152 valence electrons. The Bertz CT molecular complexity index is 822. The summed E-state index contributed by atoms with van der Waals surface area (Å²) in [6.45, 7) is 4.48. The molecule has 28 heavy (non-hydrogen) atoms. The fourth-order valence-corrected chi connectivity index (χ4v) is 4.90. The molecule has 1 aliphatic heterocycles. The molecule has 1 atom stereocenters. The largest absolute Gasteiger partial charge is 0.490 e. The molecule has 1 aliphatic rings. The third kappa shape index (κ3) is 4.51. The predicted molar refractivity (Wildman–Crippen MR) is 110 cm³/mol. The minimum atomic E-state index is -1.06. The Hall–Kier alpha value is -1.62. The lowest BCUT2D eigenvalue weighted by molar-refractivity contribution is 0.289. The number of hydrogen-bond acceptors (Lipinski definition) is 2. The molecule has 0 fully saturated rings. The minimum Gasteiger partial charge on any atom is -0.490 e. The molecule has 3 rings (SSSR count). The normalized spacial score (nSPS) is 15.7. The van der Waals surface area contributed by atoms with E-state index in [-0.39, 0.29) is 16.9 Å². The van der Waals surface area contributed by atoms with Crippen LogP contribution in [-0.4, -0.2) is 11.9 Å². The van der Waals surface area contributed by atoms with E-state index in [9.17, 15) is 8.78 Å². The lowest BCUT2D eigenvalue weighted by Crippen LogP contribution is -2.02. The molecule has 1 unspecified atom stereocenters. The number of hydrogen-bond donors (Lipinski definition) is 0. The highest BCUT2D eigenvalue weighted by atomic mass is 32.2. The van der Waals surface area contributed by atoms with E-state index in [2.05, 4.69) is 6.92 Å². The van der Waals surface area contributed by atoms with E-state index in [1.165, 1.54) is 30.3 Å². The summed E-state index contributed by atoms with van der Waals surface area (Å²) in [6.07, 6.45) is 7.02. The first-order chi connectivity index (χ1) is 13.6. The number of thioether (sulfide) groups is 1. The molecule has 5 heteroatoms. The molecule has 0 saturated carbocycles. The minimum absolute atomic E-state index is 0.0596. The number of halogens is 3. The van der Waals surface area contributed by atoms with Crippen LogP contribution >= 0.6 is 11.8 Å². The van der Waals surface area contributed by atoms with Crippen molar-refractivity contribution in [2.45, 2.75) is 68.9 Å². The fraction of sp³-hybridized carbons (Fsp3) is 0.478. The van der Waals surface area contributed by atoms with Crippen LogP contribution in [-0.2, 0) is 6.42 Å². The van der Waals surface area contributed by atoms with Gasteiger partial charge in [0.25, 0.3) is 0 Å². The van der Waals surface area contributed by atoms with Gasteiger partial charge >= 0.3 is 0 Å². The van der Waals surface area contributed by atoms with E-state index < -0.39 is 17.5 Å². The van der Waals surface area contributed by atoms with Gasteiger partial charge in [0.15, 0.2) is 11.6 Å². The zero-order valence-electron chi connectivity index (χ0n) is 16.5. The van der Waals surface area contributed by atoms with E-state index in [1.54, 1.807) is 6.07 Å². The van der Waals surface area contributed by atoms with E-state index in [0.29, 0.717) is 16.8 Å². The van der Waals surface area contributed by atoms with E-state index in [4.69, 9.17) is 4.74 Å². The number of benzene rings is 2. The van der Waals surface area contributed by atoms with Crippen LogP contribution in [0.5, 0.6) is 5.75 Å². The molecular weight excluding hydrogens is 381 g/mol. The standard InChI is InChI=1S/C23H27F3OS/c1-3-5-7-8-16-14-15-9-10-18(21(25)23(15)28-16)17-11-12-19(22(26)20(17)24)27-13-6-4-2/h9-12,16H,3-8,13-14H2,1-2H3. The van der Waals surface area contributed by atoms with Crippen molar-refractivity contribution in [3.63, 3.8) is 0 Å². The van der Waals surface area contributed by atoms with Gasteiger partial charge in [-0.15, -0.1) is 11.8 Å². The van der Waals surface area contributed by atoms with Crippen molar-refractivity contribution in [3.8, 4) is 16.9 Å². The molecule has 1 heterocycles. The van der Waals surface area contributed by atoms with Gasteiger partial charge in [0, 0.05) is 21.3 Å². The second kappa shape index (κ2) is 9.73. The number of ether oxygens (including phenoxy) is 1. The van der Waals surface area contributed by atoms with Gasteiger partial charge in [-0.05, 0) is 37.0 Å². The number of unbranched alkanes of at least 4 members (excludes halogenated alkanes) is 3. The first-order valence-corrected chi connectivity index (χ1v) is 11.0. The Morgan fingerprint density at radius 1 is 0.893 bits per heavy atom. The number of fused-ring (bicyclic) bond motifs is 1. The molecule has 0 amide bonds. The molecule has 0 bridgehead atoms. The Morgan fingerprint density at radius 3 is 2.36 bits per heavy atom. The van der Waals surface area contributed by atoms with Gasteiger partial charge in [-0.1, -0.05) is 51.7 Å². The lowest BCUT2D eigenvalue weighted by Gasteiger charge is -2.12. The van der Waals surface area contributed by atoms with Crippen LogP contribution in [0.3, 0.4) is 0 Å². The van der Waals surface area contributed by atoms with Crippen molar-refractivity contribution in [2.75, 3.05) is 6.61 Å². The topological polar surface area (TPSA) is 9.23 Å². The first kappa shape index (κ1) is 21.1. The van der Waals surface area contributed by atoms with Crippen LogP contribution in [0.25, 0.3) is 11.1 Å². The summed E-state index contributed by atoms with van der Waals surface area (Å²) < 4.78 is 49.5. The molecule has 2 aromatic carbocycles. The molecule has 0 aromatic heterocycles. The fourth-order valence-electron chi connectivity index (χ4n) is 3.51. The highest BCUT2D eigenvalue weighted by molar-refractivity contribution is 8.00. The Balaban J connectivity index is 1.82. The molecule has 0 saturated heterocycles. The van der Waals surface area contributed by atoms with Gasteiger partial charge in [-0.3, -0.25) is 0 Å². The maximum absolute atomic E-state index is 15.1. The van der Waals surface area contributed by atoms with E-state index in [0.717, 1.165) is 44.1 Å². The monoisotopic (exact) mass is 408 g/mol. The van der Waals surface area contributed by atoms with Crippen LogP contribution < -0.4 is 4.74 Å². The summed E-state index contributed by atoms with van der Waals surface area (Å²) in [7, 11) is 0. The molecule has 2 aromatic rings. The van der Waals surface area contributed by atoms with Crippen LogP contribution in [0, 0.1) is 17.5 Å². The summed E-state index contributed by atoms with van der Waals surface area (Å²) in [6, 6.07) is 6.21. The van der Waals surface area contributed by atoms with E-state index >= 15 is 4.39 Å². The van der Waals surface area contributed by atoms with Gasteiger partial charge in [0.1, 0.15) is 5.82 Å². The lowest BCUT2D eigenvalue weighted by atomic mass is 9.99. The summed E-state index contributed by atoms with van der Waals surface area (Å²) in [4.78, 5) is 0.585. The van der Waals surface area contributed by atoms with Gasteiger partial charge in [-0.2, -0.15) is 4.39 Å². The molecule has 0 spiro atoms. The quantitative estimate of drug-likeness (QED) is 0.396. The maximum Gasteiger partial charge on any atom is 0.201 e. The van der Waals surface area contributed by atoms with Crippen LogP contribution in [0.4, 0.5) is 13.2 Å². The average Bonchev–Trinajstić information content (AvgIpc) is 3.11. The molecule has 1 nitrogen and oxygen atoms in total. The van der Waals surface area contributed by atoms with Crippen molar-refractivity contribution >= 4 is 11.8 Å². The zero-order valence-corrected chi connectivity index (χ0v) is 17.3. The third-order valence-electron chi connectivity index (χ3n) is 5.13. The first-order valence-electron chi connectivity index (χ1n) is 10.2. The van der Waals surface area contributed by atoms with Crippen LogP contribution in [0.15, 0.2) is 29.2 Å². The summed E-state index contributed by atoms with van der Waals surface area (Å²) in [5.74, 6) is -2.69. The number of rotatable bonds is 9. The van der Waals surface area contributed by atoms with Gasteiger partial charge in [-0.25, -0.2) is 8.78 Å². The molecule has 0 aliphatic carbocycles. The van der Waals surface area contributed by atoms with Crippen molar-refractivity contribution < 1.29 is 17.9 Å². The Morgan fingerprint density at radius 2 is 1.61 bits per heavy atom. The zero-order chi connectivity index (χ0) is 20.1. The van der Waals surface area contributed by atoms with Crippen molar-refractivity contribution in [2.24, 2.45) is 0 Å². The summed E-state index contributed by atoms with van der Waals surface area (Å²) in [5, 5.41) is 0.363. The van der Waals surface area contributed by atoms with Gasteiger partial charge in [0.2, 0.25) is 5.82 Å². The van der Waals surface area contributed by atoms with Crippen molar-refractivity contribution in [1.29, 1.82) is 0 Å². The SMILES string of the molecule is CCCCCC1Cc2ccc(-c3ccc(OCCCC)c(F)c3F)c(F)c2S1.